The molecule has 0 aliphatic rings. The Balaban J connectivity index is 2.11. The lowest BCUT2D eigenvalue weighted by molar-refractivity contribution is -0.137. The highest BCUT2D eigenvalue weighted by atomic mass is 19.4. The highest BCUT2D eigenvalue weighted by Crippen LogP contribution is 2.34. The van der Waals surface area contributed by atoms with Gasteiger partial charge in [0.2, 0.25) is 5.91 Å². The highest BCUT2D eigenvalue weighted by molar-refractivity contribution is 5.99. The van der Waals surface area contributed by atoms with Crippen molar-refractivity contribution in [2.24, 2.45) is 0 Å². The van der Waals surface area contributed by atoms with Crippen LogP contribution in [-0.4, -0.2) is 34.8 Å². The second-order valence-corrected chi connectivity index (χ2v) is 5.60. The number of aryl methyl sites for hydroxylation is 1. The Morgan fingerprint density at radius 3 is 2.42 bits per heavy atom. The van der Waals surface area contributed by atoms with Crippen molar-refractivity contribution in [3.63, 3.8) is 0 Å². The van der Waals surface area contributed by atoms with Crippen LogP contribution >= 0.6 is 0 Å². The third-order valence-corrected chi connectivity index (χ3v) is 3.67. The van der Waals surface area contributed by atoms with Crippen molar-refractivity contribution in [1.29, 1.82) is 0 Å². The van der Waals surface area contributed by atoms with Gasteiger partial charge in [0.1, 0.15) is 6.54 Å². The Labute approximate surface area is 148 Å². The molecule has 0 fully saturated rings. The third kappa shape index (κ3) is 4.81. The highest BCUT2D eigenvalue weighted by Gasteiger charge is 2.33. The molecule has 0 unspecified atom stereocenters. The van der Waals surface area contributed by atoms with E-state index in [0.717, 1.165) is 11.8 Å². The van der Waals surface area contributed by atoms with Gasteiger partial charge in [0.25, 0.3) is 5.91 Å². The average molecular weight is 365 g/mol. The minimum absolute atomic E-state index is 0.223. The number of likely N-dealkylation sites (N-methyl/N-ethyl adjacent to an activating group) is 1. The number of hydrogen-bond acceptors (Lipinski definition) is 3. The number of nitrogens with one attached hydrogen (secondary N) is 1. The van der Waals surface area contributed by atoms with Gasteiger partial charge in [-0.15, -0.1) is 0 Å². The Morgan fingerprint density at radius 2 is 1.85 bits per heavy atom. The van der Waals surface area contributed by atoms with E-state index >= 15 is 0 Å². The lowest BCUT2D eigenvalue weighted by Gasteiger charge is -2.21. The smallest absolute Gasteiger partial charge is 0.330 e. The topological polar surface area (TPSA) is 62.3 Å². The summed E-state index contributed by atoms with van der Waals surface area (Å²) >= 11 is 0. The lowest BCUT2D eigenvalue weighted by atomic mass is 10.1. The Bertz CT molecular complexity index is 789. The van der Waals surface area contributed by atoms with Crippen LogP contribution in [-0.2, 0) is 11.0 Å². The molecule has 0 saturated carbocycles. The van der Waals surface area contributed by atoms with Crippen molar-refractivity contribution in [1.82, 2.24) is 9.88 Å². The van der Waals surface area contributed by atoms with Crippen LogP contribution in [0.15, 0.2) is 42.6 Å². The summed E-state index contributed by atoms with van der Waals surface area (Å²) in [6.07, 6.45) is -3.19. The molecule has 0 aliphatic carbocycles. The fraction of sp³-hybridized carbons (Fsp3) is 0.278. The lowest BCUT2D eigenvalue weighted by Crippen LogP contribution is -2.38. The van der Waals surface area contributed by atoms with Gasteiger partial charge in [-0.3, -0.25) is 14.6 Å². The summed E-state index contributed by atoms with van der Waals surface area (Å²) in [5.41, 5.74) is -0.233. The van der Waals surface area contributed by atoms with Gasteiger partial charge in [-0.25, -0.2) is 0 Å². The second kappa shape index (κ2) is 7.99. The first-order valence-electron chi connectivity index (χ1n) is 7.90. The van der Waals surface area contributed by atoms with Crippen molar-refractivity contribution in [3.8, 4) is 0 Å². The number of amides is 2. The van der Waals surface area contributed by atoms with Gasteiger partial charge in [0, 0.05) is 18.4 Å². The summed E-state index contributed by atoms with van der Waals surface area (Å²) in [6.45, 7) is 3.31. The van der Waals surface area contributed by atoms with Crippen LogP contribution in [0.5, 0.6) is 0 Å². The molecule has 138 valence electrons. The zero-order valence-electron chi connectivity index (χ0n) is 14.3. The van der Waals surface area contributed by atoms with E-state index in [-0.39, 0.29) is 18.8 Å². The quantitative estimate of drug-likeness (QED) is 0.882. The minimum Gasteiger partial charge on any atom is -0.330 e. The number of alkyl halides is 3. The zero-order chi connectivity index (χ0) is 19.3. The van der Waals surface area contributed by atoms with Crippen molar-refractivity contribution in [2.75, 3.05) is 18.4 Å². The van der Waals surface area contributed by atoms with Gasteiger partial charge >= 0.3 is 6.18 Å². The average Bonchev–Trinajstić information content (AvgIpc) is 2.59. The van der Waals surface area contributed by atoms with Crippen LogP contribution in [0.4, 0.5) is 18.9 Å². The molecule has 1 N–H and O–H groups in total. The monoisotopic (exact) mass is 365 g/mol. The second-order valence-electron chi connectivity index (χ2n) is 5.60. The van der Waals surface area contributed by atoms with Crippen molar-refractivity contribution < 1.29 is 22.8 Å². The molecule has 26 heavy (non-hydrogen) atoms. The van der Waals surface area contributed by atoms with Crippen LogP contribution in [0.1, 0.15) is 28.5 Å². The van der Waals surface area contributed by atoms with Crippen LogP contribution in [0.3, 0.4) is 0 Å². The molecular weight excluding hydrogens is 347 g/mol. The zero-order valence-corrected chi connectivity index (χ0v) is 14.3. The van der Waals surface area contributed by atoms with Crippen LogP contribution in [0.25, 0.3) is 0 Å². The first-order valence-corrected chi connectivity index (χ1v) is 7.90. The summed E-state index contributed by atoms with van der Waals surface area (Å²) in [4.78, 5) is 29.9. The predicted octanol–water partition coefficient (Wildman–Crippen LogP) is 3.51. The maximum absolute atomic E-state index is 13.0. The first-order chi connectivity index (χ1) is 12.2. The van der Waals surface area contributed by atoms with Gasteiger partial charge in [-0.05, 0) is 38.1 Å². The molecule has 0 bridgehead atoms. The molecule has 0 spiro atoms. The maximum atomic E-state index is 13.0. The van der Waals surface area contributed by atoms with Crippen LogP contribution in [0.2, 0.25) is 0 Å². The molecule has 5 nitrogen and oxygen atoms in total. The van der Waals surface area contributed by atoms with E-state index in [1.807, 2.05) is 0 Å². The Kier molecular flexibility index (Phi) is 5.97. The van der Waals surface area contributed by atoms with Gasteiger partial charge in [-0.1, -0.05) is 12.1 Å². The number of pyridine rings is 1. The van der Waals surface area contributed by atoms with E-state index in [2.05, 4.69) is 10.3 Å². The molecular formula is C18H18F3N3O2. The number of carbonyl (C=O) groups is 2. The van der Waals surface area contributed by atoms with Gasteiger partial charge < -0.3 is 10.2 Å². The van der Waals surface area contributed by atoms with Crippen molar-refractivity contribution in [3.05, 3.63) is 59.4 Å². The summed E-state index contributed by atoms with van der Waals surface area (Å²) < 4.78 is 39.0. The summed E-state index contributed by atoms with van der Waals surface area (Å²) in [5, 5.41) is 2.23. The van der Waals surface area contributed by atoms with Gasteiger partial charge in [-0.2, -0.15) is 13.2 Å². The molecule has 2 rings (SSSR count). The largest absolute Gasteiger partial charge is 0.418 e. The summed E-state index contributed by atoms with van der Waals surface area (Å²) in [7, 11) is 0. The number of halogens is 3. The van der Waals surface area contributed by atoms with Gasteiger partial charge in [0.15, 0.2) is 0 Å². The van der Waals surface area contributed by atoms with Gasteiger partial charge in [0.05, 0.1) is 16.8 Å². The molecule has 1 aromatic heterocycles. The number of para-hydroxylation sites is 1. The van der Waals surface area contributed by atoms with Crippen molar-refractivity contribution in [2.45, 2.75) is 20.0 Å². The number of aromatic nitrogens is 1. The van der Waals surface area contributed by atoms with Crippen molar-refractivity contribution >= 4 is 17.5 Å². The number of hydrogen-bond donors (Lipinski definition) is 1. The Hall–Kier alpha value is -2.90. The number of rotatable bonds is 5. The normalized spacial score (nSPS) is 11.1. The molecule has 0 saturated heterocycles. The molecule has 8 heteroatoms. The Morgan fingerprint density at radius 1 is 1.15 bits per heavy atom. The molecule has 1 heterocycles. The van der Waals surface area contributed by atoms with Crippen LogP contribution in [0, 0.1) is 6.92 Å². The summed E-state index contributed by atoms with van der Waals surface area (Å²) in [5.74, 6) is -1.13. The van der Waals surface area contributed by atoms with E-state index in [1.54, 1.807) is 26.0 Å². The van der Waals surface area contributed by atoms with Crippen LogP contribution < -0.4 is 5.32 Å². The molecule has 0 aliphatic heterocycles. The molecule has 2 aromatic rings. The number of nitrogens with zero attached hydrogens (tertiary/aromatic N) is 2. The summed E-state index contributed by atoms with van der Waals surface area (Å²) in [6, 6.07) is 7.94. The number of carbonyl (C=O) groups excluding carboxylic acids is 2. The predicted molar refractivity (Wildman–Crippen MR) is 90.6 cm³/mol. The van der Waals surface area contributed by atoms with E-state index < -0.39 is 23.6 Å². The molecule has 1 aromatic carbocycles. The number of benzene rings is 1. The fourth-order valence-corrected chi connectivity index (χ4v) is 2.31. The SMILES string of the molecule is CCN(CC(=O)Nc1ccccc1C(F)(F)F)C(=O)c1ccc(C)nc1. The van der Waals surface area contributed by atoms with E-state index in [0.29, 0.717) is 5.56 Å². The third-order valence-electron chi connectivity index (χ3n) is 3.67. The maximum Gasteiger partial charge on any atom is 0.418 e. The van der Waals surface area contributed by atoms with E-state index in [1.165, 1.54) is 29.3 Å². The minimum atomic E-state index is -4.59. The standard InChI is InChI=1S/C18H18F3N3O2/c1-3-24(17(26)13-9-8-12(2)22-10-13)11-16(25)23-15-7-5-4-6-14(15)18(19,20)21/h4-10H,3,11H2,1-2H3,(H,23,25). The first kappa shape index (κ1) is 19.4. The molecule has 2 amide bonds. The molecule has 0 atom stereocenters. The van der Waals surface area contributed by atoms with E-state index in [9.17, 15) is 22.8 Å². The fourth-order valence-electron chi connectivity index (χ4n) is 2.31. The molecule has 0 radical (unpaired) electrons. The number of anilines is 1. The van der Waals surface area contributed by atoms with E-state index in [4.69, 9.17) is 0 Å².